The molecule has 2 unspecified atom stereocenters. The van der Waals surface area contributed by atoms with Gasteiger partial charge >= 0.3 is 0 Å². The second-order valence-corrected chi connectivity index (χ2v) is 8.36. The molecule has 1 aliphatic rings. The minimum atomic E-state index is -0.365. The molecule has 0 aliphatic carbocycles. The van der Waals surface area contributed by atoms with Crippen molar-refractivity contribution in [1.29, 1.82) is 0 Å². The number of rotatable bonds is 1. The number of benzene rings is 1. The molecule has 112 valence electrons. The predicted molar refractivity (Wildman–Crippen MR) is 88.6 cm³/mol. The van der Waals surface area contributed by atoms with Crippen molar-refractivity contribution in [3.63, 3.8) is 0 Å². The Morgan fingerprint density at radius 1 is 1.33 bits per heavy atom. The smallest absolute Gasteiger partial charge is 0.266 e. The number of carbonyl (C=O) groups excluding carboxylic acids is 1. The fourth-order valence-electron chi connectivity index (χ4n) is 2.78. The Morgan fingerprint density at radius 3 is 2.62 bits per heavy atom. The Morgan fingerprint density at radius 2 is 2.00 bits per heavy atom. The number of nitrogens with two attached hydrogens (primary N) is 1. The van der Waals surface area contributed by atoms with Crippen molar-refractivity contribution in [2.24, 2.45) is 0 Å². The number of thiophene rings is 1. The normalized spacial score (nSPS) is 22.7. The van der Waals surface area contributed by atoms with Crippen molar-refractivity contribution in [2.75, 3.05) is 18.8 Å². The Balaban J connectivity index is 1.98. The van der Waals surface area contributed by atoms with Gasteiger partial charge in [0.05, 0.1) is 11.1 Å². The number of fused-ring (bicyclic) bond motifs is 1. The van der Waals surface area contributed by atoms with Crippen LogP contribution in [0, 0.1) is 5.82 Å². The summed E-state index contributed by atoms with van der Waals surface area (Å²) in [6, 6.07) is 4.82. The van der Waals surface area contributed by atoms with E-state index in [2.05, 4.69) is 13.8 Å². The fraction of sp³-hybridized carbons (Fsp3) is 0.400. The molecule has 1 saturated heterocycles. The van der Waals surface area contributed by atoms with E-state index in [1.54, 1.807) is 12.1 Å². The quantitative estimate of drug-likeness (QED) is 0.872. The van der Waals surface area contributed by atoms with Gasteiger partial charge in [-0.05, 0) is 12.1 Å². The average Bonchev–Trinajstić information content (AvgIpc) is 2.75. The number of hydrogen-bond donors (Lipinski definition) is 1. The molecule has 3 nitrogen and oxygen atoms in total. The van der Waals surface area contributed by atoms with Gasteiger partial charge in [0.25, 0.3) is 5.91 Å². The lowest BCUT2D eigenvalue weighted by Gasteiger charge is -2.34. The number of halogens is 1. The third-order valence-electron chi connectivity index (χ3n) is 3.60. The summed E-state index contributed by atoms with van der Waals surface area (Å²) in [6.45, 7) is 5.66. The Labute approximate surface area is 131 Å². The molecular formula is C15H17FN2OS2. The SMILES string of the molecule is CC1CN(C(=O)c2sc3cccc(F)c3c2N)CC(C)S1. The van der Waals surface area contributed by atoms with Gasteiger partial charge in [0.2, 0.25) is 0 Å². The lowest BCUT2D eigenvalue weighted by atomic mass is 10.2. The average molecular weight is 324 g/mol. The minimum Gasteiger partial charge on any atom is -0.397 e. The molecule has 2 N–H and O–H groups in total. The van der Waals surface area contributed by atoms with E-state index in [0.29, 0.717) is 33.9 Å². The van der Waals surface area contributed by atoms with E-state index in [9.17, 15) is 9.18 Å². The van der Waals surface area contributed by atoms with E-state index in [1.807, 2.05) is 16.7 Å². The van der Waals surface area contributed by atoms with Crippen LogP contribution in [-0.2, 0) is 0 Å². The van der Waals surface area contributed by atoms with Gasteiger partial charge in [0, 0.05) is 28.3 Å². The van der Waals surface area contributed by atoms with E-state index in [-0.39, 0.29) is 17.4 Å². The molecule has 0 saturated carbocycles. The maximum absolute atomic E-state index is 13.9. The van der Waals surface area contributed by atoms with Crippen LogP contribution in [0.1, 0.15) is 23.5 Å². The standard InChI is InChI=1S/C15H17FN2OS2/c1-8-6-18(7-9(2)20-8)15(19)14-13(17)12-10(16)4-3-5-11(12)21-14/h3-5,8-9H,6-7,17H2,1-2H3. The zero-order chi connectivity index (χ0) is 15.1. The van der Waals surface area contributed by atoms with Gasteiger partial charge in [-0.25, -0.2) is 4.39 Å². The summed E-state index contributed by atoms with van der Waals surface area (Å²) in [7, 11) is 0. The molecule has 2 aromatic rings. The molecule has 0 bridgehead atoms. The maximum Gasteiger partial charge on any atom is 0.266 e. The summed E-state index contributed by atoms with van der Waals surface area (Å²) >= 11 is 3.17. The highest BCUT2D eigenvalue weighted by molar-refractivity contribution is 8.00. The minimum absolute atomic E-state index is 0.0768. The number of nitrogen functional groups attached to an aromatic ring is 1. The molecule has 3 rings (SSSR count). The monoisotopic (exact) mass is 324 g/mol. The summed E-state index contributed by atoms with van der Waals surface area (Å²) < 4.78 is 14.6. The number of anilines is 1. The molecule has 1 aromatic heterocycles. The van der Waals surface area contributed by atoms with Gasteiger partial charge < -0.3 is 10.6 Å². The summed E-state index contributed by atoms with van der Waals surface area (Å²) in [5.74, 6) is -0.441. The van der Waals surface area contributed by atoms with Crippen LogP contribution in [0.5, 0.6) is 0 Å². The van der Waals surface area contributed by atoms with Crippen LogP contribution in [0.3, 0.4) is 0 Å². The fourth-order valence-corrected chi connectivity index (χ4v) is 5.21. The van der Waals surface area contributed by atoms with Gasteiger partial charge in [0.1, 0.15) is 10.7 Å². The Hall–Kier alpha value is -1.27. The topological polar surface area (TPSA) is 46.3 Å². The van der Waals surface area contributed by atoms with Crippen LogP contribution in [-0.4, -0.2) is 34.4 Å². The lowest BCUT2D eigenvalue weighted by Crippen LogP contribution is -2.43. The van der Waals surface area contributed by atoms with Crippen molar-refractivity contribution in [3.05, 3.63) is 28.9 Å². The summed E-state index contributed by atoms with van der Waals surface area (Å²) in [4.78, 5) is 15.0. The lowest BCUT2D eigenvalue weighted by molar-refractivity contribution is 0.0759. The third-order valence-corrected chi connectivity index (χ3v) is 5.99. The first-order chi connectivity index (χ1) is 9.97. The van der Waals surface area contributed by atoms with E-state index < -0.39 is 0 Å². The van der Waals surface area contributed by atoms with Crippen LogP contribution in [0.15, 0.2) is 18.2 Å². The van der Waals surface area contributed by atoms with E-state index in [0.717, 1.165) is 4.70 Å². The number of thioether (sulfide) groups is 1. The number of hydrogen-bond acceptors (Lipinski definition) is 4. The molecule has 1 amide bonds. The third kappa shape index (κ3) is 2.62. The first-order valence-corrected chi connectivity index (χ1v) is 8.64. The predicted octanol–water partition coefficient (Wildman–Crippen LogP) is 3.59. The molecule has 6 heteroatoms. The van der Waals surface area contributed by atoms with Gasteiger partial charge in [0.15, 0.2) is 0 Å². The van der Waals surface area contributed by atoms with E-state index in [4.69, 9.17) is 5.73 Å². The highest BCUT2D eigenvalue weighted by atomic mass is 32.2. The van der Waals surface area contributed by atoms with Gasteiger partial charge in [-0.3, -0.25) is 4.79 Å². The van der Waals surface area contributed by atoms with Crippen molar-refractivity contribution < 1.29 is 9.18 Å². The molecule has 1 aromatic carbocycles. The van der Waals surface area contributed by atoms with E-state index in [1.165, 1.54) is 17.4 Å². The molecular weight excluding hydrogens is 307 g/mol. The zero-order valence-electron chi connectivity index (χ0n) is 11.9. The second-order valence-electron chi connectivity index (χ2n) is 5.43. The molecule has 2 heterocycles. The molecule has 21 heavy (non-hydrogen) atoms. The molecule has 1 aliphatic heterocycles. The van der Waals surface area contributed by atoms with Crippen molar-refractivity contribution in [1.82, 2.24) is 4.90 Å². The summed E-state index contributed by atoms with van der Waals surface area (Å²) in [6.07, 6.45) is 0. The molecule has 0 spiro atoms. The van der Waals surface area contributed by atoms with Crippen LogP contribution in [0.4, 0.5) is 10.1 Å². The first-order valence-electron chi connectivity index (χ1n) is 6.88. The van der Waals surface area contributed by atoms with Crippen molar-refractivity contribution in [3.8, 4) is 0 Å². The zero-order valence-corrected chi connectivity index (χ0v) is 13.6. The van der Waals surface area contributed by atoms with E-state index >= 15 is 0 Å². The number of carbonyl (C=O) groups is 1. The molecule has 2 atom stereocenters. The van der Waals surface area contributed by atoms with Crippen LogP contribution < -0.4 is 5.73 Å². The van der Waals surface area contributed by atoms with Crippen LogP contribution >= 0.6 is 23.1 Å². The van der Waals surface area contributed by atoms with Gasteiger partial charge in [-0.2, -0.15) is 11.8 Å². The Kier molecular flexibility index (Phi) is 3.84. The Bertz CT molecular complexity index is 690. The van der Waals surface area contributed by atoms with Crippen molar-refractivity contribution in [2.45, 2.75) is 24.3 Å². The first kappa shape index (κ1) is 14.7. The second kappa shape index (κ2) is 5.50. The van der Waals surface area contributed by atoms with Crippen LogP contribution in [0.2, 0.25) is 0 Å². The van der Waals surface area contributed by atoms with Crippen molar-refractivity contribution >= 4 is 44.8 Å². The number of nitrogens with zero attached hydrogens (tertiary/aromatic N) is 1. The molecule has 1 fully saturated rings. The number of amides is 1. The van der Waals surface area contributed by atoms with Gasteiger partial charge in [-0.15, -0.1) is 11.3 Å². The largest absolute Gasteiger partial charge is 0.397 e. The summed E-state index contributed by atoms with van der Waals surface area (Å²) in [5.41, 5.74) is 6.31. The van der Waals surface area contributed by atoms with Gasteiger partial charge in [-0.1, -0.05) is 19.9 Å². The molecule has 0 radical (unpaired) electrons. The highest BCUT2D eigenvalue weighted by Crippen LogP contribution is 2.37. The maximum atomic E-state index is 13.9. The highest BCUT2D eigenvalue weighted by Gasteiger charge is 2.29. The summed E-state index contributed by atoms with van der Waals surface area (Å²) in [5, 5.41) is 1.19. The van der Waals surface area contributed by atoms with Crippen LogP contribution in [0.25, 0.3) is 10.1 Å².